The average molecular weight is 460 g/mol. The number of alkyl halides is 3. The van der Waals surface area contributed by atoms with Gasteiger partial charge < -0.3 is 19.8 Å². The fourth-order valence-corrected chi connectivity index (χ4v) is 3.87. The predicted octanol–water partition coefficient (Wildman–Crippen LogP) is 1.62. The molecule has 1 N–H and O–H groups in total. The van der Waals surface area contributed by atoms with E-state index in [0.29, 0.717) is 23.5 Å². The van der Waals surface area contributed by atoms with Gasteiger partial charge in [0.1, 0.15) is 5.82 Å². The van der Waals surface area contributed by atoms with Crippen LogP contribution in [0.4, 0.5) is 19.0 Å². The number of halogens is 3. The number of hydrogen-bond acceptors (Lipinski definition) is 3. The molecule has 4 rings (SSSR count). The topological polar surface area (TPSA) is 57.1 Å². The second-order valence-corrected chi connectivity index (χ2v) is 7.52. The molecule has 164 valence electrons. The summed E-state index contributed by atoms with van der Waals surface area (Å²) in [6.45, 7) is 0.578. The average Bonchev–Trinajstić information content (AvgIpc) is 3.05. The van der Waals surface area contributed by atoms with Crippen LogP contribution < -0.4 is 40.0 Å². The quantitative estimate of drug-likeness (QED) is 0.427. The van der Waals surface area contributed by atoms with E-state index >= 15 is 0 Å². The standard InChI is InChI=1S/C25H21F3N2O2.Na/c26-25(27,28)19-10-6-9-18(13-19)15-29-24-21(14-23(31)32)20-11-4-5-12-22(20)30(24)16-17-7-2-1-3-8-17;/h1-13,29H,14-16H2,(H,31,32);/q;+1/p-1. The molecular weight excluding hydrogens is 440 g/mol. The van der Waals surface area contributed by atoms with E-state index in [0.717, 1.165) is 28.6 Å². The van der Waals surface area contributed by atoms with E-state index in [4.69, 9.17) is 0 Å². The number of carbonyl (C=O) groups is 1. The molecule has 0 saturated heterocycles. The first kappa shape index (κ1) is 24.9. The normalized spacial score (nSPS) is 11.2. The number of aromatic nitrogens is 1. The number of anilines is 1. The number of benzene rings is 3. The Morgan fingerprint density at radius 3 is 2.27 bits per heavy atom. The van der Waals surface area contributed by atoms with Crippen LogP contribution in [0.5, 0.6) is 0 Å². The summed E-state index contributed by atoms with van der Waals surface area (Å²) in [5.41, 5.74) is 2.10. The van der Waals surface area contributed by atoms with Gasteiger partial charge in [0, 0.05) is 36.4 Å². The summed E-state index contributed by atoms with van der Waals surface area (Å²) in [5.74, 6) is -0.675. The third-order valence-corrected chi connectivity index (χ3v) is 5.29. The van der Waals surface area contributed by atoms with Gasteiger partial charge in [0.25, 0.3) is 0 Å². The molecule has 0 radical (unpaired) electrons. The van der Waals surface area contributed by atoms with Crippen molar-refractivity contribution in [3.8, 4) is 0 Å². The molecule has 0 fully saturated rings. The Morgan fingerprint density at radius 1 is 0.909 bits per heavy atom. The zero-order valence-corrected chi connectivity index (χ0v) is 20.0. The van der Waals surface area contributed by atoms with Crippen molar-refractivity contribution in [2.75, 3.05) is 5.32 Å². The van der Waals surface area contributed by atoms with Crippen molar-refractivity contribution >= 4 is 22.7 Å². The Morgan fingerprint density at radius 2 is 1.58 bits per heavy atom. The fourth-order valence-electron chi connectivity index (χ4n) is 3.87. The molecule has 4 nitrogen and oxygen atoms in total. The Kier molecular flexibility index (Phi) is 7.89. The molecule has 33 heavy (non-hydrogen) atoms. The first-order chi connectivity index (χ1) is 15.3. The van der Waals surface area contributed by atoms with E-state index in [2.05, 4.69) is 5.32 Å². The molecule has 0 aliphatic carbocycles. The molecule has 0 unspecified atom stereocenters. The second kappa shape index (κ2) is 10.5. The van der Waals surface area contributed by atoms with Crippen LogP contribution in [-0.4, -0.2) is 10.5 Å². The third-order valence-electron chi connectivity index (χ3n) is 5.29. The number of carboxylic acids is 1. The summed E-state index contributed by atoms with van der Waals surface area (Å²) < 4.78 is 41.2. The van der Waals surface area contributed by atoms with Crippen molar-refractivity contribution in [2.45, 2.75) is 25.7 Å². The number of nitrogens with zero attached hydrogens (tertiary/aromatic N) is 1. The van der Waals surface area contributed by atoms with Gasteiger partial charge in [0.2, 0.25) is 0 Å². The smallest absolute Gasteiger partial charge is 0.550 e. The van der Waals surface area contributed by atoms with Crippen molar-refractivity contribution < 1.29 is 52.6 Å². The number of carbonyl (C=O) groups excluding carboxylic acids is 1. The van der Waals surface area contributed by atoms with Gasteiger partial charge in [0.05, 0.1) is 11.1 Å². The van der Waals surface area contributed by atoms with Gasteiger partial charge >= 0.3 is 35.7 Å². The van der Waals surface area contributed by atoms with Crippen LogP contribution in [-0.2, 0) is 30.5 Å². The Bertz CT molecular complexity index is 1250. The maximum Gasteiger partial charge on any atom is 1.00 e. The molecule has 0 aliphatic heterocycles. The van der Waals surface area contributed by atoms with E-state index in [9.17, 15) is 23.1 Å². The zero-order valence-electron chi connectivity index (χ0n) is 18.0. The van der Waals surface area contributed by atoms with Gasteiger partial charge in [-0.15, -0.1) is 0 Å². The van der Waals surface area contributed by atoms with Gasteiger partial charge in [-0.1, -0.05) is 60.7 Å². The van der Waals surface area contributed by atoms with Crippen LogP contribution in [0.3, 0.4) is 0 Å². The second-order valence-electron chi connectivity index (χ2n) is 7.52. The molecule has 1 heterocycles. The van der Waals surface area contributed by atoms with Crippen molar-refractivity contribution in [1.29, 1.82) is 0 Å². The SMILES string of the molecule is O=C([O-])Cc1c(NCc2cccc(C(F)(F)F)c2)n(Cc2ccccc2)c2ccccc12.[Na+]. The predicted molar refractivity (Wildman–Crippen MR) is 115 cm³/mol. The number of aliphatic carboxylic acids is 1. The minimum atomic E-state index is -4.43. The molecule has 0 bridgehead atoms. The molecule has 0 aliphatic rings. The first-order valence-electron chi connectivity index (χ1n) is 10.1. The fraction of sp³-hybridized carbons (Fsp3) is 0.160. The van der Waals surface area contributed by atoms with E-state index in [1.54, 1.807) is 6.07 Å². The van der Waals surface area contributed by atoms with Crippen molar-refractivity contribution in [3.05, 3.63) is 101 Å². The number of fused-ring (bicyclic) bond motifs is 1. The van der Waals surface area contributed by atoms with Gasteiger partial charge in [-0.25, -0.2) is 0 Å². The van der Waals surface area contributed by atoms with Crippen LogP contribution in [0.2, 0.25) is 0 Å². The maximum atomic E-state index is 13.1. The Labute approximate surface area is 211 Å². The van der Waals surface area contributed by atoms with Crippen LogP contribution in [0.25, 0.3) is 10.9 Å². The Hall–Kier alpha value is -2.74. The minimum Gasteiger partial charge on any atom is -0.550 e. The van der Waals surface area contributed by atoms with Gasteiger partial charge in [0.15, 0.2) is 0 Å². The number of carboxylic acid groups (broad SMARTS) is 1. The van der Waals surface area contributed by atoms with Crippen molar-refractivity contribution in [3.63, 3.8) is 0 Å². The minimum absolute atomic E-state index is 0. The summed E-state index contributed by atoms with van der Waals surface area (Å²) >= 11 is 0. The molecule has 0 spiro atoms. The van der Waals surface area contributed by atoms with Crippen molar-refractivity contribution in [2.24, 2.45) is 0 Å². The van der Waals surface area contributed by atoms with Gasteiger partial charge in [-0.05, 0) is 29.3 Å². The van der Waals surface area contributed by atoms with Crippen LogP contribution >= 0.6 is 0 Å². The summed E-state index contributed by atoms with van der Waals surface area (Å²) in [5, 5.41) is 15.4. The largest absolute Gasteiger partial charge is 1.00 e. The summed E-state index contributed by atoms with van der Waals surface area (Å²) in [4.78, 5) is 11.5. The van der Waals surface area contributed by atoms with Gasteiger partial charge in [-0.3, -0.25) is 0 Å². The van der Waals surface area contributed by atoms with Crippen LogP contribution in [0.1, 0.15) is 22.3 Å². The number of para-hydroxylation sites is 1. The van der Waals surface area contributed by atoms with Crippen molar-refractivity contribution in [1.82, 2.24) is 4.57 Å². The first-order valence-corrected chi connectivity index (χ1v) is 10.1. The monoisotopic (exact) mass is 460 g/mol. The number of hydrogen-bond donors (Lipinski definition) is 1. The molecule has 4 aromatic rings. The summed E-state index contributed by atoms with van der Waals surface area (Å²) in [6.07, 6.45) is -4.74. The van der Waals surface area contributed by atoms with Gasteiger partial charge in [-0.2, -0.15) is 13.2 Å². The molecule has 1 aromatic heterocycles. The summed E-state index contributed by atoms with van der Waals surface area (Å²) in [6, 6.07) is 22.2. The van der Waals surface area contributed by atoms with Crippen LogP contribution in [0, 0.1) is 0 Å². The molecule has 0 atom stereocenters. The van der Waals surface area contributed by atoms with E-state index in [-0.39, 0.29) is 42.5 Å². The molecular formula is C25H20F3N2NaO2. The molecule has 0 saturated carbocycles. The maximum absolute atomic E-state index is 13.1. The third kappa shape index (κ3) is 5.79. The molecule has 3 aromatic carbocycles. The molecule has 8 heteroatoms. The number of nitrogens with one attached hydrogen (secondary N) is 1. The van der Waals surface area contributed by atoms with Crippen LogP contribution in [0.15, 0.2) is 78.9 Å². The summed E-state index contributed by atoms with van der Waals surface area (Å²) in [7, 11) is 0. The Balaban J connectivity index is 0.00000306. The van der Waals surface area contributed by atoms with E-state index in [1.165, 1.54) is 6.07 Å². The van der Waals surface area contributed by atoms with E-state index in [1.807, 2.05) is 59.2 Å². The molecule has 0 amide bonds. The zero-order chi connectivity index (χ0) is 22.7. The number of rotatable bonds is 7. The van der Waals surface area contributed by atoms with E-state index < -0.39 is 17.7 Å².